The van der Waals surface area contributed by atoms with E-state index in [0.29, 0.717) is 6.54 Å². The minimum atomic E-state index is -0.626. The molecule has 7 heteroatoms. The average molecular weight is 425 g/mol. The average Bonchev–Trinajstić information content (AvgIpc) is 3.32. The Morgan fingerprint density at radius 1 is 0.968 bits per heavy atom. The Labute approximate surface area is 184 Å². The molecule has 166 valence electrons. The second-order valence-electron chi connectivity index (χ2n) is 7.99. The van der Waals surface area contributed by atoms with Crippen LogP contribution in [0.3, 0.4) is 0 Å². The zero-order chi connectivity index (χ0) is 22.2. The normalized spacial score (nSPS) is 14.7. The van der Waals surface area contributed by atoms with Gasteiger partial charge in [-0.25, -0.2) is 0 Å². The number of amides is 2. The standard InChI is InChI=1S/C24H32N4O3/c1-27(2)20-10-8-19(9-11-20)22(28-14-4-5-15-28)17-26-24(30)23(29)25-16-18-6-12-21(31-3)13-7-18/h6-13,22H,4-5,14-17H2,1-3H3,(H,25,29)(H,26,30). The molecule has 2 amide bonds. The number of anilines is 1. The number of rotatable bonds is 8. The van der Waals surface area contributed by atoms with Gasteiger partial charge in [0.25, 0.3) is 0 Å². The van der Waals surface area contributed by atoms with Crippen LogP contribution < -0.4 is 20.3 Å². The third kappa shape index (κ3) is 6.21. The van der Waals surface area contributed by atoms with E-state index in [-0.39, 0.29) is 12.6 Å². The fourth-order valence-corrected chi connectivity index (χ4v) is 3.78. The van der Waals surface area contributed by atoms with Crippen LogP contribution in [0.5, 0.6) is 5.75 Å². The zero-order valence-electron chi connectivity index (χ0n) is 18.6. The third-order valence-corrected chi connectivity index (χ3v) is 5.65. The summed E-state index contributed by atoms with van der Waals surface area (Å²) in [7, 11) is 5.63. The highest BCUT2D eigenvalue weighted by Crippen LogP contribution is 2.26. The van der Waals surface area contributed by atoms with Crippen molar-refractivity contribution >= 4 is 17.5 Å². The van der Waals surface area contributed by atoms with Crippen LogP contribution in [-0.2, 0) is 16.1 Å². The molecule has 0 saturated carbocycles. The summed E-state index contributed by atoms with van der Waals surface area (Å²) in [6, 6.07) is 15.8. The number of carbonyl (C=O) groups is 2. The van der Waals surface area contributed by atoms with Crippen LogP contribution in [0, 0.1) is 0 Å². The highest BCUT2D eigenvalue weighted by Gasteiger charge is 2.25. The Bertz CT molecular complexity index is 859. The van der Waals surface area contributed by atoms with Crippen molar-refractivity contribution in [3.63, 3.8) is 0 Å². The first kappa shape index (κ1) is 22.6. The molecule has 0 aliphatic carbocycles. The van der Waals surface area contributed by atoms with Gasteiger partial charge in [-0.05, 0) is 61.3 Å². The van der Waals surface area contributed by atoms with Gasteiger partial charge in [-0.15, -0.1) is 0 Å². The maximum Gasteiger partial charge on any atom is 0.309 e. The lowest BCUT2D eigenvalue weighted by Crippen LogP contribution is -2.43. The Balaban J connectivity index is 1.56. The van der Waals surface area contributed by atoms with Crippen molar-refractivity contribution in [3.8, 4) is 5.75 Å². The van der Waals surface area contributed by atoms with E-state index in [2.05, 4.69) is 44.7 Å². The predicted molar refractivity (Wildman–Crippen MR) is 122 cm³/mol. The number of carbonyl (C=O) groups excluding carboxylic acids is 2. The molecular formula is C24H32N4O3. The molecule has 2 aromatic carbocycles. The van der Waals surface area contributed by atoms with E-state index in [9.17, 15) is 9.59 Å². The molecule has 3 rings (SSSR count). The molecule has 2 N–H and O–H groups in total. The lowest BCUT2D eigenvalue weighted by atomic mass is 10.0. The van der Waals surface area contributed by atoms with E-state index in [0.717, 1.165) is 48.5 Å². The first-order valence-corrected chi connectivity index (χ1v) is 10.7. The summed E-state index contributed by atoms with van der Waals surface area (Å²) in [6.07, 6.45) is 2.31. The third-order valence-electron chi connectivity index (χ3n) is 5.65. The van der Waals surface area contributed by atoms with Crippen molar-refractivity contribution in [2.45, 2.75) is 25.4 Å². The highest BCUT2D eigenvalue weighted by molar-refractivity contribution is 6.35. The predicted octanol–water partition coefficient (Wildman–Crippen LogP) is 2.33. The van der Waals surface area contributed by atoms with Gasteiger partial charge in [-0.1, -0.05) is 24.3 Å². The first-order valence-electron chi connectivity index (χ1n) is 10.7. The van der Waals surface area contributed by atoms with E-state index >= 15 is 0 Å². The van der Waals surface area contributed by atoms with Crippen molar-refractivity contribution < 1.29 is 14.3 Å². The van der Waals surface area contributed by atoms with E-state index in [1.54, 1.807) is 7.11 Å². The highest BCUT2D eigenvalue weighted by atomic mass is 16.5. The molecular weight excluding hydrogens is 392 g/mol. The van der Waals surface area contributed by atoms with Gasteiger partial charge in [0.2, 0.25) is 0 Å². The van der Waals surface area contributed by atoms with Crippen molar-refractivity contribution in [3.05, 3.63) is 59.7 Å². The molecule has 1 atom stereocenters. The Hall–Kier alpha value is -3.06. The van der Waals surface area contributed by atoms with E-state index < -0.39 is 11.8 Å². The first-order chi connectivity index (χ1) is 15.0. The van der Waals surface area contributed by atoms with Crippen LogP contribution >= 0.6 is 0 Å². The van der Waals surface area contributed by atoms with Gasteiger partial charge in [-0.3, -0.25) is 14.5 Å². The minimum absolute atomic E-state index is 0.0528. The van der Waals surface area contributed by atoms with Gasteiger partial charge >= 0.3 is 11.8 Å². The van der Waals surface area contributed by atoms with E-state index in [4.69, 9.17) is 4.74 Å². The summed E-state index contributed by atoms with van der Waals surface area (Å²) < 4.78 is 5.13. The van der Waals surface area contributed by atoms with Gasteiger partial charge in [0.15, 0.2) is 0 Å². The van der Waals surface area contributed by atoms with Crippen LogP contribution in [0.4, 0.5) is 5.69 Å². The van der Waals surface area contributed by atoms with Crippen molar-refractivity contribution in [1.82, 2.24) is 15.5 Å². The second kappa shape index (κ2) is 10.8. The largest absolute Gasteiger partial charge is 0.497 e. The van der Waals surface area contributed by atoms with E-state index in [1.807, 2.05) is 38.4 Å². The SMILES string of the molecule is COc1ccc(CNC(=O)C(=O)NCC(c2ccc(N(C)C)cc2)N2CCCC2)cc1. The molecule has 1 aliphatic heterocycles. The monoisotopic (exact) mass is 424 g/mol. The summed E-state index contributed by atoms with van der Waals surface area (Å²) in [6.45, 7) is 2.69. The van der Waals surface area contributed by atoms with Crippen molar-refractivity contribution in [2.75, 3.05) is 45.7 Å². The Kier molecular flexibility index (Phi) is 7.89. The molecule has 1 unspecified atom stereocenters. The molecule has 1 saturated heterocycles. The van der Waals surface area contributed by atoms with Crippen LogP contribution in [0.15, 0.2) is 48.5 Å². The molecule has 0 radical (unpaired) electrons. The van der Waals surface area contributed by atoms with Crippen LogP contribution in [0.25, 0.3) is 0 Å². The van der Waals surface area contributed by atoms with E-state index in [1.165, 1.54) is 0 Å². The molecule has 31 heavy (non-hydrogen) atoms. The fourth-order valence-electron chi connectivity index (χ4n) is 3.78. The smallest absolute Gasteiger partial charge is 0.309 e. The van der Waals surface area contributed by atoms with Crippen LogP contribution in [-0.4, -0.2) is 57.6 Å². The van der Waals surface area contributed by atoms with Crippen molar-refractivity contribution in [1.29, 1.82) is 0 Å². The van der Waals surface area contributed by atoms with Crippen LogP contribution in [0.1, 0.15) is 30.0 Å². The maximum atomic E-state index is 12.4. The topological polar surface area (TPSA) is 73.9 Å². The van der Waals surface area contributed by atoms with Gasteiger partial charge < -0.3 is 20.3 Å². The molecule has 7 nitrogen and oxygen atoms in total. The number of ether oxygens (including phenoxy) is 1. The van der Waals surface area contributed by atoms with Gasteiger partial charge in [0.05, 0.1) is 13.2 Å². The summed E-state index contributed by atoms with van der Waals surface area (Å²) in [5, 5.41) is 5.51. The number of methoxy groups -OCH3 is 1. The number of likely N-dealkylation sites (tertiary alicyclic amines) is 1. The number of hydrogen-bond acceptors (Lipinski definition) is 5. The summed E-state index contributed by atoms with van der Waals surface area (Å²) >= 11 is 0. The molecule has 2 aromatic rings. The summed E-state index contributed by atoms with van der Waals surface area (Å²) in [5.74, 6) is -0.485. The summed E-state index contributed by atoms with van der Waals surface area (Å²) in [4.78, 5) is 29.1. The fraction of sp³-hybridized carbons (Fsp3) is 0.417. The second-order valence-corrected chi connectivity index (χ2v) is 7.99. The molecule has 0 spiro atoms. The quantitative estimate of drug-likeness (QED) is 0.637. The number of nitrogens with one attached hydrogen (secondary N) is 2. The van der Waals surface area contributed by atoms with Crippen molar-refractivity contribution in [2.24, 2.45) is 0 Å². The maximum absolute atomic E-state index is 12.4. The van der Waals surface area contributed by atoms with Gasteiger partial charge in [0.1, 0.15) is 5.75 Å². The lowest BCUT2D eigenvalue weighted by Gasteiger charge is -2.28. The van der Waals surface area contributed by atoms with Crippen LogP contribution in [0.2, 0.25) is 0 Å². The lowest BCUT2D eigenvalue weighted by molar-refractivity contribution is -0.139. The minimum Gasteiger partial charge on any atom is -0.497 e. The summed E-state index contributed by atoms with van der Waals surface area (Å²) in [5.41, 5.74) is 3.18. The molecule has 0 aromatic heterocycles. The number of nitrogens with zero attached hydrogens (tertiary/aromatic N) is 2. The zero-order valence-corrected chi connectivity index (χ0v) is 18.6. The Morgan fingerprint density at radius 3 is 2.16 bits per heavy atom. The number of benzene rings is 2. The molecule has 0 bridgehead atoms. The molecule has 1 heterocycles. The Morgan fingerprint density at radius 2 is 1.58 bits per heavy atom. The molecule has 1 aliphatic rings. The molecule has 1 fully saturated rings. The van der Waals surface area contributed by atoms with Gasteiger partial charge in [-0.2, -0.15) is 0 Å². The number of hydrogen-bond donors (Lipinski definition) is 2. The van der Waals surface area contributed by atoms with Gasteiger partial charge in [0, 0.05) is 32.9 Å².